The summed E-state index contributed by atoms with van der Waals surface area (Å²) in [6.45, 7) is 0.659. The van der Waals surface area contributed by atoms with E-state index in [-0.39, 0.29) is 0 Å². The van der Waals surface area contributed by atoms with Crippen molar-refractivity contribution in [1.82, 2.24) is 4.98 Å². The number of aromatic nitrogens is 1. The number of halogens is 3. The summed E-state index contributed by atoms with van der Waals surface area (Å²) in [5.41, 5.74) is -0.849. The van der Waals surface area contributed by atoms with E-state index in [4.69, 9.17) is 0 Å². The molecule has 100 valence electrons. The smallest absolute Gasteiger partial charge is 0.369 e. The van der Waals surface area contributed by atoms with Crippen LogP contribution in [0.3, 0.4) is 0 Å². The Morgan fingerprint density at radius 1 is 1.33 bits per heavy atom. The van der Waals surface area contributed by atoms with Crippen LogP contribution in [0.2, 0.25) is 0 Å². The van der Waals surface area contributed by atoms with Crippen LogP contribution in [-0.4, -0.2) is 34.0 Å². The summed E-state index contributed by atoms with van der Waals surface area (Å²) in [6.07, 6.45) is -4.38. The van der Waals surface area contributed by atoms with Crippen LogP contribution in [0.15, 0.2) is 18.2 Å². The number of rotatable bonds is 3. The fourth-order valence-electron chi connectivity index (χ4n) is 1.56. The first kappa shape index (κ1) is 13.9. The zero-order chi connectivity index (χ0) is 13.0. The first-order chi connectivity index (χ1) is 8.55. The molecule has 2 heterocycles. The molecule has 18 heavy (non-hydrogen) atoms. The number of thioether (sulfide) groups is 2. The largest absolute Gasteiger partial charge is 0.433 e. The second-order valence-corrected chi connectivity index (χ2v) is 6.41. The van der Waals surface area contributed by atoms with Crippen LogP contribution >= 0.6 is 23.5 Å². The quantitative estimate of drug-likeness (QED) is 0.924. The minimum atomic E-state index is -4.38. The van der Waals surface area contributed by atoms with Gasteiger partial charge in [0.25, 0.3) is 0 Å². The minimum absolute atomic E-state index is 0.293. The van der Waals surface area contributed by atoms with Crippen LogP contribution in [0, 0.1) is 0 Å². The lowest BCUT2D eigenvalue weighted by atomic mass is 10.3. The third-order valence-corrected chi connectivity index (χ3v) is 5.28. The topological polar surface area (TPSA) is 24.9 Å². The molecule has 0 aliphatic carbocycles. The Labute approximate surface area is 112 Å². The first-order valence-electron chi connectivity index (χ1n) is 5.53. The van der Waals surface area contributed by atoms with Crippen molar-refractivity contribution < 1.29 is 13.2 Å². The molecule has 1 aliphatic rings. The van der Waals surface area contributed by atoms with Crippen LogP contribution < -0.4 is 5.32 Å². The molecule has 1 aliphatic heterocycles. The highest BCUT2D eigenvalue weighted by Crippen LogP contribution is 2.28. The maximum Gasteiger partial charge on any atom is 0.433 e. The third-order valence-electron chi connectivity index (χ3n) is 2.44. The van der Waals surface area contributed by atoms with E-state index < -0.39 is 11.9 Å². The molecule has 7 heteroatoms. The molecular formula is C11H13F3N2S2. The zero-order valence-electron chi connectivity index (χ0n) is 9.54. The summed E-state index contributed by atoms with van der Waals surface area (Å²) in [5.74, 6) is 3.59. The molecule has 0 aromatic carbocycles. The average Bonchev–Trinajstić information content (AvgIpc) is 2.37. The summed E-state index contributed by atoms with van der Waals surface area (Å²) in [6, 6.07) is 3.92. The van der Waals surface area contributed by atoms with Crippen molar-refractivity contribution >= 4 is 29.3 Å². The van der Waals surface area contributed by atoms with Gasteiger partial charge in [-0.3, -0.25) is 0 Å². The van der Waals surface area contributed by atoms with Gasteiger partial charge in [0.15, 0.2) is 0 Å². The number of anilines is 1. The molecule has 1 aromatic rings. The number of nitrogens with zero attached hydrogens (tertiary/aromatic N) is 1. The number of pyridine rings is 1. The molecule has 0 radical (unpaired) electrons. The van der Waals surface area contributed by atoms with E-state index in [0.29, 0.717) is 17.6 Å². The van der Waals surface area contributed by atoms with Crippen molar-refractivity contribution in [3.05, 3.63) is 23.9 Å². The number of alkyl halides is 3. The van der Waals surface area contributed by atoms with E-state index in [1.807, 2.05) is 23.5 Å². The molecule has 1 N–H and O–H groups in total. The van der Waals surface area contributed by atoms with Crippen LogP contribution in [0.4, 0.5) is 19.0 Å². The van der Waals surface area contributed by atoms with Gasteiger partial charge in [0.05, 0.1) is 0 Å². The van der Waals surface area contributed by atoms with Crippen LogP contribution in [0.5, 0.6) is 0 Å². The van der Waals surface area contributed by atoms with Crippen molar-refractivity contribution in [3.63, 3.8) is 0 Å². The lowest BCUT2D eigenvalue weighted by Gasteiger charge is -2.21. The molecule has 1 saturated heterocycles. The van der Waals surface area contributed by atoms with Crippen molar-refractivity contribution in [2.75, 3.05) is 29.1 Å². The maximum atomic E-state index is 12.5. The molecule has 1 aromatic heterocycles. The molecular weight excluding hydrogens is 281 g/mol. The van der Waals surface area contributed by atoms with E-state index in [0.717, 1.165) is 23.3 Å². The molecule has 2 nitrogen and oxygen atoms in total. The zero-order valence-corrected chi connectivity index (χ0v) is 11.2. The van der Waals surface area contributed by atoms with Crippen LogP contribution in [0.25, 0.3) is 0 Å². The van der Waals surface area contributed by atoms with E-state index in [9.17, 15) is 13.2 Å². The number of hydrogen-bond acceptors (Lipinski definition) is 4. The van der Waals surface area contributed by atoms with Crippen molar-refractivity contribution in [2.45, 2.75) is 11.4 Å². The van der Waals surface area contributed by atoms with Gasteiger partial charge in [-0.05, 0) is 12.1 Å². The molecule has 1 fully saturated rings. The summed E-state index contributed by atoms with van der Waals surface area (Å²) in [4.78, 5) is 3.58. The van der Waals surface area contributed by atoms with E-state index >= 15 is 0 Å². The molecule has 0 saturated carbocycles. The van der Waals surface area contributed by atoms with Gasteiger partial charge >= 0.3 is 6.18 Å². The summed E-state index contributed by atoms with van der Waals surface area (Å²) >= 11 is 3.74. The van der Waals surface area contributed by atoms with Crippen molar-refractivity contribution in [2.24, 2.45) is 0 Å². The fraction of sp³-hybridized carbons (Fsp3) is 0.545. The predicted octanol–water partition coefficient (Wildman–Crippen LogP) is 3.36. The monoisotopic (exact) mass is 294 g/mol. The van der Waals surface area contributed by atoms with Crippen molar-refractivity contribution in [3.8, 4) is 0 Å². The summed E-state index contributed by atoms with van der Waals surface area (Å²) < 4.78 is 37.4. The summed E-state index contributed by atoms with van der Waals surface area (Å²) in [5, 5.41) is 3.43. The number of hydrogen-bond donors (Lipinski definition) is 1. The SMILES string of the molecule is FC(F)(F)c1cccc(NCC2CSCCS2)n1. The molecule has 1 atom stereocenters. The average molecular weight is 294 g/mol. The second-order valence-electron chi connectivity index (χ2n) is 3.85. The molecule has 0 amide bonds. The fourth-order valence-corrected chi connectivity index (χ4v) is 4.18. The Kier molecular flexibility index (Phi) is 4.66. The van der Waals surface area contributed by atoms with Gasteiger partial charge in [0.2, 0.25) is 0 Å². The normalized spacial score (nSPS) is 20.7. The van der Waals surface area contributed by atoms with Gasteiger partial charge in [-0.1, -0.05) is 6.07 Å². The molecule has 1 unspecified atom stereocenters. The third kappa shape index (κ3) is 3.98. The van der Waals surface area contributed by atoms with Crippen LogP contribution in [-0.2, 0) is 6.18 Å². The van der Waals surface area contributed by atoms with E-state index in [1.165, 1.54) is 6.07 Å². The maximum absolute atomic E-state index is 12.5. The van der Waals surface area contributed by atoms with Crippen LogP contribution in [0.1, 0.15) is 5.69 Å². The Balaban J connectivity index is 1.92. The Bertz CT molecular complexity index is 392. The number of nitrogens with one attached hydrogen (secondary N) is 1. The summed E-state index contributed by atoms with van der Waals surface area (Å²) in [7, 11) is 0. The minimum Gasteiger partial charge on any atom is -0.369 e. The van der Waals surface area contributed by atoms with Gasteiger partial charge in [-0.2, -0.15) is 36.7 Å². The van der Waals surface area contributed by atoms with Gasteiger partial charge < -0.3 is 5.32 Å². The Morgan fingerprint density at radius 3 is 2.83 bits per heavy atom. The Hall–Kier alpha value is -0.560. The lowest BCUT2D eigenvalue weighted by molar-refractivity contribution is -0.141. The lowest BCUT2D eigenvalue weighted by Crippen LogP contribution is -2.23. The molecule has 0 bridgehead atoms. The highest BCUT2D eigenvalue weighted by molar-refractivity contribution is 8.06. The van der Waals surface area contributed by atoms with Gasteiger partial charge in [0.1, 0.15) is 11.5 Å². The standard InChI is InChI=1S/C11H13F3N2S2/c12-11(13,14)9-2-1-3-10(16-9)15-6-8-7-17-4-5-18-8/h1-3,8H,4-7H2,(H,15,16). The van der Waals surface area contributed by atoms with E-state index in [1.54, 1.807) is 6.07 Å². The first-order valence-corrected chi connectivity index (χ1v) is 7.73. The van der Waals surface area contributed by atoms with E-state index in [2.05, 4.69) is 10.3 Å². The predicted molar refractivity (Wildman–Crippen MR) is 71.3 cm³/mol. The van der Waals surface area contributed by atoms with Gasteiger partial charge in [0, 0.05) is 29.1 Å². The molecule has 0 spiro atoms. The highest BCUT2D eigenvalue weighted by atomic mass is 32.2. The second kappa shape index (κ2) is 6.06. The Morgan fingerprint density at radius 2 is 2.17 bits per heavy atom. The van der Waals surface area contributed by atoms with Gasteiger partial charge in [-0.15, -0.1) is 0 Å². The van der Waals surface area contributed by atoms with Crippen molar-refractivity contribution in [1.29, 1.82) is 0 Å². The highest BCUT2D eigenvalue weighted by Gasteiger charge is 2.32. The van der Waals surface area contributed by atoms with Gasteiger partial charge in [-0.25, -0.2) is 4.98 Å². The molecule has 2 rings (SSSR count).